The van der Waals surface area contributed by atoms with Crippen molar-refractivity contribution in [3.05, 3.63) is 62.4 Å². The summed E-state index contributed by atoms with van der Waals surface area (Å²) >= 11 is 12.2. The van der Waals surface area contributed by atoms with E-state index in [1.165, 1.54) is 16.8 Å². The van der Waals surface area contributed by atoms with Gasteiger partial charge in [0.2, 0.25) is 5.91 Å². The Hall–Kier alpha value is -2.52. The van der Waals surface area contributed by atoms with Crippen molar-refractivity contribution in [1.29, 1.82) is 0 Å². The van der Waals surface area contributed by atoms with Crippen molar-refractivity contribution in [2.24, 2.45) is 0 Å². The van der Waals surface area contributed by atoms with E-state index >= 15 is 0 Å². The van der Waals surface area contributed by atoms with Crippen LogP contribution in [-0.2, 0) is 17.9 Å². The molecule has 11 heteroatoms. The number of alkyl halides is 2. The summed E-state index contributed by atoms with van der Waals surface area (Å²) in [4.78, 5) is 12.7. The molecule has 3 aromatic rings. The van der Waals surface area contributed by atoms with Gasteiger partial charge in [-0.2, -0.15) is 10.2 Å². The van der Waals surface area contributed by atoms with Crippen LogP contribution in [0, 0.1) is 19.7 Å². The molecule has 1 N–H and O–H groups in total. The number of carbonyl (C=O) groups excluding carboxylic acids is 1. The highest BCUT2D eigenvalue weighted by molar-refractivity contribution is 6.32. The molecule has 0 aliphatic heterocycles. The Morgan fingerprint density at radius 3 is 2.56 bits per heavy atom. The number of aromatic nitrogens is 4. The number of anilines is 1. The highest BCUT2D eigenvalue weighted by Crippen LogP contribution is 2.45. The minimum Gasteiger partial charge on any atom is -0.321 e. The third kappa shape index (κ3) is 4.36. The lowest BCUT2D eigenvalue weighted by atomic mass is 10.2. The molecule has 1 aromatic carbocycles. The topological polar surface area (TPSA) is 64.7 Å². The number of rotatable bonds is 7. The lowest BCUT2D eigenvalue weighted by Crippen LogP contribution is -2.21. The summed E-state index contributed by atoms with van der Waals surface area (Å²) < 4.78 is 43.4. The lowest BCUT2D eigenvalue weighted by Gasteiger charge is -2.10. The molecule has 170 valence electrons. The van der Waals surface area contributed by atoms with E-state index in [0.29, 0.717) is 22.8 Å². The largest absolute Gasteiger partial charge is 0.321 e. The van der Waals surface area contributed by atoms with Gasteiger partial charge < -0.3 is 5.32 Å². The normalized spacial score (nSPS) is 13.8. The van der Waals surface area contributed by atoms with Crippen molar-refractivity contribution in [2.75, 3.05) is 5.32 Å². The van der Waals surface area contributed by atoms with Crippen LogP contribution < -0.4 is 5.32 Å². The summed E-state index contributed by atoms with van der Waals surface area (Å²) in [6, 6.07) is 4.43. The fourth-order valence-electron chi connectivity index (χ4n) is 3.66. The first-order chi connectivity index (χ1) is 15.2. The maximum absolute atomic E-state index is 14.2. The molecule has 1 aliphatic carbocycles. The fourth-order valence-corrected chi connectivity index (χ4v) is 4.25. The summed E-state index contributed by atoms with van der Waals surface area (Å²) in [5, 5.41) is 11.2. The van der Waals surface area contributed by atoms with Gasteiger partial charge in [-0.05, 0) is 38.8 Å². The fraction of sp³-hybridized carbons (Fsp3) is 0.381. The van der Waals surface area contributed by atoms with E-state index in [0.717, 1.165) is 12.8 Å². The Morgan fingerprint density at radius 2 is 1.94 bits per heavy atom. The van der Waals surface area contributed by atoms with Gasteiger partial charge in [-0.3, -0.25) is 14.2 Å². The molecule has 1 saturated carbocycles. The van der Waals surface area contributed by atoms with Crippen LogP contribution in [0.2, 0.25) is 10.0 Å². The number of amides is 1. The SMILES string of the molecule is Cc1nn(Cc2c(F)cccc2Cl)c(C)c1NC(=O)Cn1nc(C(F)F)c(Cl)c1C1CC1. The van der Waals surface area contributed by atoms with Crippen molar-refractivity contribution < 1.29 is 18.0 Å². The molecule has 0 radical (unpaired) electrons. The first-order valence-electron chi connectivity index (χ1n) is 9.98. The predicted molar refractivity (Wildman–Crippen MR) is 115 cm³/mol. The van der Waals surface area contributed by atoms with Crippen LogP contribution in [0.4, 0.5) is 18.9 Å². The molecule has 0 unspecified atom stereocenters. The standard InChI is InChI=1S/C21H20Cl2F3N5O/c1-10-18(11(2)30(28-10)8-13-14(22)4-3-5-15(13)24)27-16(32)9-31-20(12-6-7-12)17(23)19(29-31)21(25)26/h3-5,12,21H,6-9H2,1-2H3,(H,27,32). The molecule has 2 heterocycles. The van der Waals surface area contributed by atoms with Gasteiger partial charge in [0.25, 0.3) is 6.43 Å². The van der Waals surface area contributed by atoms with Crippen LogP contribution in [0.5, 0.6) is 0 Å². The summed E-state index contributed by atoms with van der Waals surface area (Å²) in [6.45, 7) is 3.27. The van der Waals surface area contributed by atoms with Gasteiger partial charge >= 0.3 is 0 Å². The number of aryl methyl sites for hydroxylation is 1. The molecule has 0 bridgehead atoms. The zero-order valence-corrected chi connectivity index (χ0v) is 18.8. The number of benzene rings is 1. The average Bonchev–Trinajstić information content (AvgIpc) is 3.45. The Kier molecular flexibility index (Phi) is 6.22. The van der Waals surface area contributed by atoms with Gasteiger partial charge in [-0.25, -0.2) is 13.2 Å². The molecule has 0 spiro atoms. The molecule has 2 aromatic heterocycles. The van der Waals surface area contributed by atoms with Crippen LogP contribution in [0.3, 0.4) is 0 Å². The van der Waals surface area contributed by atoms with Gasteiger partial charge in [-0.15, -0.1) is 0 Å². The molecular formula is C21H20Cl2F3N5O. The molecule has 4 rings (SSSR count). The zero-order chi connectivity index (χ0) is 23.2. The first kappa shape index (κ1) is 22.7. The maximum Gasteiger partial charge on any atom is 0.283 e. The van der Waals surface area contributed by atoms with Crippen LogP contribution >= 0.6 is 23.2 Å². The molecule has 0 saturated heterocycles. The van der Waals surface area contributed by atoms with E-state index < -0.39 is 23.8 Å². The van der Waals surface area contributed by atoms with E-state index in [9.17, 15) is 18.0 Å². The molecule has 0 atom stereocenters. The van der Waals surface area contributed by atoms with E-state index in [-0.39, 0.29) is 34.6 Å². The monoisotopic (exact) mass is 485 g/mol. The van der Waals surface area contributed by atoms with Gasteiger partial charge in [0.1, 0.15) is 18.1 Å². The molecule has 32 heavy (non-hydrogen) atoms. The van der Waals surface area contributed by atoms with Crippen LogP contribution in [-0.4, -0.2) is 25.5 Å². The lowest BCUT2D eigenvalue weighted by molar-refractivity contribution is -0.117. The summed E-state index contributed by atoms with van der Waals surface area (Å²) in [5.41, 5.74) is 1.83. The third-order valence-corrected chi connectivity index (χ3v) is 6.18. The molecular weight excluding hydrogens is 466 g/mol. The van der Waals surface area contributed by atoms with Crippen LogP contribution in [0.25, 0.3) is 0 Å². The van der Waals surface area contributed by atoms with Crippen molar-refractivity contribution in [1.82, 2.24) is 19.6 Å². The predicted octanol–water partition coefficient (Wildman–Crippen LogP) is 5.64. The first-order valence-corrected chi connectivity index (χ1v) is 10.7. The Morgan fingerprint density at radius 1 is 1.22 bits per heavy atom. The smallest absolute Gasteiger partial charge is 0.283 e. The van der Waals surface area contributed by atoms with E-state index in [1.807, 2.05) is 0 Å². The van der Waals surface area contributed by atoms with Crippen molar-refractivity contribution in [3.8, 4) is 0 Å². The Labute approximate surface area is 192 Å². The summed E-state index contributed by atoms with van der Waals surface area (Å²) in [7, 11) is 0. The maximum atomic E-state index is 14.2. The average molecular weight is 486 g/mol. The highest BCUT2D eigenvalue weighted by atomic mass is 35.5. The molecule has 1 aliphatic rings. The molecule has 1 fully saturated rings. The van der Waals surface area contributed by atoms with E-state index in [2.05, 4.69) is 15.5 Å². The minimum absolute atomic E-state index is 0.0343. The van der Waals surface area contributed by atoms with Crippen molar-refractivity contribution >= 4 is 34.8 Å². The second kappa shape index (κ2) is 8.78. The van der Waals surface area contributed by atoms with Crippen LogP contribution in [0.15, 0.2) is 18.2 Å². The van der Waals surface area contributed by atoms with Crippen molar-refractivity contribution in [2.45, 2.75) is 52.1 Å². The molecule has 6 nitrogen and oxygen atoms in total. The second-order valence-corrected chi connectivity index (χ2v) is 8.55. The van der Waals surface area contributed by atoms with E-state index in [4.69, 9.17) is 23.2 Å². The summed E-state index contributed by atoms with van der Waals surface area (Å²) in [5.74, 6) is -0.873. The number of hydrogen-bond acceptors (Lipinski definition) is 3. The number of halogens is 5. The summed E-state index contributed by atoms with van der Waals surface area (Å²) in [6.07, 6.45) is -1.18. The molecule has 1 amide bonds. The Balaban J connectivity index is 1.54. The van der Waals surface area contributed by atoms with Crippen molar-refractivity contribution in [3.63, 3.8) is 0 Å². The van der Waals surface area contributed by atoms with Gasteiger partial charge in [0.05, 0.1) is 34.3 Å². The highest BCUT2D eigenvalue weighted by Gasteiger charge is 2.34. The number of nitrogens with zero attached hydrogens (tertiary/aromatic N) is 4. The van der Waals surface area contributed by atoms with Crippen LogP contribution in [0.1, 0.15) is 53.5 Å². The number of hydrogen-bond donors (Lipinski definition) is 1. The number of nitrogens with one attached hydrogen (secondary N) is 1. The van der Waals surface area contributed by atoms with Gasteiger partial charge in [0.15, 0.2) is 0 Å². The van der Waals surface area contributed by atoms with Gasteiger partial charge in [-0.1, -0.05) is 29.3 Å². The zero-order valence-electron chi connectivity index (χ0n) is 17.3. The third-order valence-electron chi connectivity index (χ3n) is 5.44. The quantitative estimate of drug-likeness (QED) is 0.470. The number of carbonyl (C=O) groups is 1. The second-order valence-electron chi connectivity index (χ2n) is 7.77. The minimum atomic E-state index is -2.82. The van der Waals surface area contributed by atoms with E-state index in [1.54, 1.807) is 24.6 Å². The van der Waals surface area contributed by atoms with Gasteiger partial charge in [0, 0.05) is 16.5 Å². The Bertz CT molecular complexity index is 1170.